The Morgan fingerprint density at radius 2 is 1.74 bits per heavy atom. The van der Waals surface area contributed by atoms with Gasteiger partial charge in [0.2, 0.25) is 0 Å². The van der Waals surface area contributed by atoms with E-state index in [1.807, 2.05) is 6.92 Å². The van der Waals surface area contributed by atoms with Crippen molar-refractivity contribution in [2.75, 3.05) is 6.61 Å². The zero-order chi connectivity index (χ0) is 20.0. The third-order valence-corrected chi connectivity index (χ3v) is 5.19. The largest absolute Gasteiger partial charge is 0.493 e. The second-order valence-electron chi connectivity index (χ2n) is 5.84. The van der Waals surface area contributed by atoms with Crippen LogP contribution in [0, 0.1) is 0 Å². The van der Waals surface area contributed by atoms with Gasteiger partial charge in [0.15, 0.2) is 5.78 Å². The summed E-state index contributed by atoms with van der Waals surface area (Å²) in [6.45, 7) is 2.22. The van der Waals surface area contributed by atoms with Crippen LogP contribution in [0.2, 0.25) is 0 Å². The van der Waals surface area contributed by atoms with Crippen LogP contribution in [0.1, 0.15) is 52.5 Å². The summed E-state index contributed by atoms with van der Waals surface area (Å²) in [4.78, 5) is 23.8. The van der Waals surface area contributed by atoms with Gasteiger partial charge in [-0.25, -0.2) is 13.2 Å². The highest BCUT2D eigenvalue weighted by Crippen LogP contribution is 2.33. The maximum absolute atomic E-state index is 13.0. The van der Waals surface area contributed by atoms with Crippen molar-refractivity contribution in [3.8, 4) is 5.75 Å². The van der Waals surface area contributed by atoms with Crippen LogP contribution in [0.5, 0.6) is 5.75 Å². The lowest BCUT2D eigenvalue weighted by Crippen LogP contribution is -2.13. The van der Waals surface area contributed by atoms with Gasteiger partial charge in [0, 0.05) is 16.2 Å². The Morgan fingerprint density at radius 1 is 1.07 bits per heavy atom. The maximum Gasteiger partial charge on any atom is 0.335 e. The number of ketones is 1. The smallest absolute Gasteiger partial charge is 0.335 e. The molecule has 0 heterocycles. The van der Waals surface area contributed by atoms with Crippen LogP contribution >= 0.6 is 10.7 Å². The molecule has 2 rings (SSSR count). The van der Waals surface area contributed by atoms with Crippen LogP contribution in [-0.2, 0) is 9.05 Å². The van der Waals surface area contributed by atoms with E-state index in [1.54, 1.807) is 18.2 Å². The normalized spacial score (nSPS) is 11.2. The van der Waals surface area contributed by atoms with Gasteiger partial charge in [0.05, 0.1) is 22.6 Å². The van der Waals surface area contributed by atoms with Gasteiger partial charge in [-0.05, 0) is 18.6 Å². The Kier molecular flexibility index (Phi) is 6.98. The first kappa shape index (κ1) is 20.9. The van der Waals surface area contributed by atoms with E-state index in [-0.39, 0.29) is 29.0 Å². The molecule has 0 amide bonds. The molecule has 0 aliphatic heterocycles. The summed E-state index contributed by atoms with van der Waals surface area (Å²) in [5, 5.41) is 9.28. The quantitative estimate of drug-likeness (QED) is 0.379. The number of aromatic carboxylic acids is 1. The van der Waals surface area contributed by atoms with Crippen LogP contribution < -0.4 is 4.74 Å². The first-order valence-electron chi connectivity index (χ1n) is 8.34. The molecule has 2 aromatic carbocycles. The van der Waals surface area contributed by atoms with Crippen LogP contribution in [0.3, 0.4) is 0 Å². The molecule has 144 valence electrons. The predicted octanol–water partition coefficient (Wildman–Crippen LogP) is 4.11. The first-order valence-corrected chi connectivity index (χ1v) is 10.6. The molecule has 8 heteroatoms. The van der Waals surface area contributed by atoms with E-state index in [4.69, 9.17) is 15.4 Å². The fraction of sp³-hybridized carbons (Fsp3) is 0.263. The van der Waals surface area contributed by atoms with E-state index in [1.165, 1.54) is 12.1 Å². The molecule has 0 aliphatic rings. The molecule has 0 fully saturated rings. The second kappa shape index (κ2) is 9.01. The third kappa shape index (κ3) is 5.30. The number of carboxylic acid groups (broad SMARTS) is 1. The summed E-state index contributed by atoms with van der Waals surface area (Å²) in [7, 11) is 1.11. The lowest BCUT2D eigenvalue weighted by atomic mass is 10.0. The zero-order valence-corrected chi connectivity index (χ0v) is 16.2. The topological polar surface area (TPSA) is 97.7 Å². The number of hydrogen-bond acceptors (Lipinski definition) is 5. The van der Waals surface area contributed by atoms with Gasteiger partial charge in [0.25, 0.3) is 9.05 Å². The predicted molar refractivity (Wildman–Crippen MR) is 101 cm³/mol. The van der Waals surface area contributed by atoms with Crippen molar-refractivity contribution in [1.82, 2.24) is 0 Å². The van der Waals surface area contributed by atoms with Gasteiger partial charge in [-0.15, -0.1) is 0 Å². The van der Waals surface area contributed by atoms with Crippen molar-refractivity contribution >= 4 is 31.5 Å². The highest BCUT2D eigenvalue weighted by Gasteiger charge is 2.28. The minimum absolute atomic E-state index is 0.112. The van der Waals surface area contributed by atoms with Crippen molar-refractivity contribution in [3.05, 3.63) is 59.2 Å². The van der Waals surface area contributed by atoms with Gasteiger partial charge in [-0.1, -0.05) is 50.1 Å². The standard InChI is InChI=1S/C19H19ClO6S/c1-2-3-7-10-26-15-11-14(19(22)23)12-16(27(20,24)25)17(15)18(21)13-8-5-4-6-9-13/h4-6,8-9,11-12H,2-3,7,10H2,1H3,(H,22,23). The fourth-order valence-electron chi connectivity index (χ4n) is 2.51. The molecule has 0 atom stereocenters. The number of hydrogen-bond donors (Lipinski definition) is 1. The molecule has 0 aromatic heterocycles. The van der Waals surface area contributed by atoms with Crippen LogP contribution in [0.4, 0.5) is 0 Å². The fourth-order valence-corrected chi connectivity index (χ4v) is 3.58. The average Bonchev–Trinajstić information content (AvgIpc) is 2.64. The Balaban J connectivity index is 2.65. The molecule has 0 saturated heterocycles. The second-order valence-corrected chi connectivity index (χ2v) is 8.38. The zero-order valence-electron chi connectivity index (χ0n) is 14.6. The highest BCUT2D eigenvalue weighted by atomic mass is 35.7. The van der Waals surface area contributed by atoms with Crippen molar-refractivity contribution in [1.29, 1.82) is 0 Å². The van der Waals surface area contributed by atoms with Gasteiger partial charge in [-0.3, -0.25) is 4.79 Å². The van der Waals surface area contributed by atoms with E-state index >= 15 is 0 Å². The Morgan fingerprint density at radius 3 is 2.30 bits per heavy atom. The minimum atomic E-state index is -4.39. The van der Waals surface area contributed by atoms with Crippen molar-refractivity contribution in [2.24, 2.45) is 0 Å². The van der Waals surface area contributed by atoms with Crippen LogP contribution in [-0.4, -0.2) is 31.9 Å². The Labute approximate surface area is 162 Å². The van der Waals surface area contributed by atoms with Gasteiger partial charge >= 0.3 is 5.97 Å². The molecule has 0 saturated carbocycles. The molecule has 0 unspecified atom stereocenters. The van der Waals surface area contributed by atoms with E-state index < -0.39 is 25.7 Å². The lowest BCUT2D eigenvalue weighted by Gasteiger charge is -2.15. The summed E-state index contributed by atoms with van der Waals surface area (Å²) in [6.07, 6.45) is 2.49. The lowest BCUT2D eigenvalue weighted by molar-refractivity contribution is 0.0695. The monoisotopic (exact) mass is 410 g/mol. The number of ether oxygens (including phenoxy) is 1. The molecule has 0 aliphatic carbocycles. The molecular formula is C19H19ClO6S. The van der Waals surface area contributed by atoms with Gasteiger partial charge in [-0.2, -0.15) is 0 Å². The molecule has 27 heavy (non-hydrogen) atoms. The number of benzene rings is 2. The number of carbonyl (C=O) groups excluding carboxylic acids is 1. The van der Waals surface area contributed by atoms with Crippen molar-refractivity contribution < 1.29 is 27.9 Å². The number of rotatable bonds is 9. The summed E-state index contributed by atoms with van der Waals surface area (Å²) < 4.78 is 29.7. The van der Waals surface area contributed by atoms with Gasteiger partial charge in [0.1, 0.15) is 5.75 Å². The minimum Gasteiger partial charge on any atom is -0.493 e. The first-order chi connectivity index (χ1) is 12.8. The molecule has 0 spiro atoms. The highest BCUT2D eigenvalue weighted by molar-refractivity contribution is 8.13. The summed E-state index contributed by atoms with van der Waals surface area (Å²) in [5.41, 5.74) is -0.359. The molecular weight excluding hydrogens is 392 g/mol. The van der Waals surface area contributed by atoms with Crippen molar-refractivity contribution in [2.45, 2.75) is 31.1 Å². The average molecular weight is 411 g/mol. The third-order valence-electron chi connectivity index (χ3n) is 3.84. The number of carbonyl (C=O) groups is 2. The SMILES string of the molecule is CCCCCOc1cc(C(=O)O)cc(S(=O)(=O)Cl)c1C(=O)c1ccccc1. The summed E-state index contributed by atoms with van der Waals surface area (Å²) in [6, 6.07) is 10.1. The summed E-state index contributed by atoms with van der Waals surface area (Å²) in [5.74, 6) is -2.08. The molecule has 2 aromatic rings. The molecule has 0 bridgehead atoms. The molecule has 1 N–H and O–H groups in total. The number of unbranched alkanes of at least 4 members (excludes halogenated alkanes) is 2. The van der Waals surface area contributed by atoms with E-state index in [0.717, 1.165) is 25.0 Å². The maximum atomic E-state index is 13.0. The number of halogens is 1. The molecule has 0 radical (unpaired) electrons. The van der Waals surface area contributed by atoms with E-state index in [2.05, 4.69) is 0 Å². The van der Waals surface area contributed by atoms with E-state index in [0.29, 0.717) is 6.42 Å². The van der Waals surface area contributed by atoms with Gasteiger partial charge < -0.3 is 9.84 Å². The molecule has 6 nitrogen and oxygen atoms in total. The van der Waals surface area contributed by atoms with Crippen LogP contribution in [0.15, 0.2) is 47.4 Å². The van der Waals surface area contributed by atoms with E-state index in [9.17, 15) is 23.1 Å². The van der Waals surface area contributed by atoms with Crippen LogP contribution in [0.25, 0.3) is 0 Å². The summed E-state index contributed by atoms with van der Waals surface area (Å²) >= 11 is 0. The van der Waals surface area contributed by atoms with Crippen molar-refractivity contribution in [3.63, 3.8) is 0 Å². The Hall–Kier alpha value is -2.38. The number of carboxylic acids is 1. The Bertz CT molecular complexity index is 938.